The van der Waals surface area contributed by atoms with Crippen LogP contribution in [0.15, 0.2) is 60.9 Å². The highest BCUT2D eigenvalue weighted by atomic mass is 19.3. The lowest BCUT2D eigenvalue weighted by Gasteiger charge is -2.13. The molecule has 3 aromatic rings. The van der Waals surface area contributed by atoms with Crippen molar-refractivity contribution in [2.45, 2.75) is 18.8 Å². The quantitative estimate of drug-likeness (QED) is 0.633. The molecular formula is C20H17F2NO. The molecule has 2 aromatic carbocycles. The Morgan fingerprint density at radius 2 is 1.71 bits per heavy atom. The van der Waals surface area contributed by atoms with Gasteiger partial charge in [0.2, 0.25) is 0 Å². The Kier molecular flexibility index (Phi) is 3.68. The summed E-state index contributed by atoms with van der Waals surface area (Å²) in [5.41, 5.74) is 2.19. The second-order valence-electron chi connectivity index (χ2n) is 6.19. The molecule has 1 aromatic heterocycles. The topological polar surface area (TPSA) is 22.1 Å². The van der Waals surface area contributed by atoms with Crippen LogP contribution in [-0.2, 0) is 0 Å². The summed E-state index contributed by atoms with van der Waals surface area (Å²) in [5.74, 6) is -2.25. The second-order valence-corrected chi connectivity index (χ2v) is 6.19. The standard InChI is InChI=1S/C20H17F2NO/c21-20(22)13-15(20)9-12-24-19-6-5-16(14-7-10-23-11-8-14)17-3-1-2-4-18(17)19/h1-8,10-11,15H,9,12-13H2. The molecule has 1 atom stereocenters. The zero-order chi connectivity index (χ0) is 16.6. The highest BCUT2D eigenvalue weighted by molar-refractivity contribution is 6.00. The van der Waals surface area contributed by atoms with E-state index in [9.17, 15) is 8.78 Å². The molecule has 4 heteroatoms. The molecule has 0 saturated heterocycles. The van der Waals surface area contributed by atoms with Crippen LogP contribution >= 0.6 is 0 Å². The first-order chi connectivity index (χ1) is 11.6. The smallest absolute Gasteiger partial charge is 0.251 e. The number of pyridine rings is 1. The highest BCUT2D eigenvalue weighted by Crippen LogP contribution is 2.50. The van der Waals surface area contributed by atoms with Crippen LogP contribution in [0.1, 0.15) is 12.8 Å². The van der Waals surface area contributed by atoms with Crippen molar-refractivity contribution in [3.05, 3.63) is 60.9 Å². The van der Waals surface area contributed by atoms with Gasteiger partial charge in [0.05, 0.1) is 6.61 Å². The lowest BCUT2D eigenvalue weighted by atomic mass is 9.98. The first-order valence-corrected chi connectivity index (χ1v) is 8.08. The Morgan fingerprint density at radius 1 is 1.00 bits per heavy atom. The van der Waals surface area contributed by atoms with Crippen LogP contribution in [0.4, 0.5) is 8.78 Å². The molecule has 1 aliphatic rings. The molecule has 1 saturated carbocycles. The molecule has 1 aliphatic carbocycles. The molecule has 0 amide bonds. The lowest BCUT2D eigenvalue weighted by Crippen LogP contribution is -2.02. The van der Waals surface area contributed by atoms with Gasteiger partial charge in [0.25, 0.3) is 5.92 Å². The predicted molar refractivity (Wildman–Crippen MR) is 90.3 cm³/mol. The highest BCUT2D eigenvalue weighted by Gasteiger charge is 2.56. The molecule has 0 radical (unpaired) electrons. The van der Waals surface area contributed by atoms with Crippen LogP contribution in [0.3, 0.4) is 0 Å². The SMILES string of the molecule is FC1(F)CC1CCOc1ccc(-c2ccncc2)c2ccccc12. The van der Waals surface area contributed by atoms with E-state index in [0.717, 1.165) is 27.6 Å². The molecule has 1 heterocycles. The van der Waals surface area contributed by atoms with Crippen molar-refractivity contribution in [2.75, 3.05) is 6.61 Å². The number of ether oxygens (including phenoxy) is 1. The van der Waals surface area contributed by atoms with Crippen molar-refractivity contribution in [1.29, 1.82) is 0 Å². The van der Waals surface area contributed by atoms with Crippen molar-refractivity contribution in [1.82, 2.24) is 4.98 Å². The summed E-state index contributed by atoms with van der Waals surface area (Å²) in [4.78, 5) is 4.06. The van der Waals surface area contributed by atoms with E-state index >= 15 is 0 Å². The fourth-order valence-corrected chi connectivity index (χ4v) is 3.07. The number of hydrogen-bond acceptors (Lipinski definition) is 2. The number of alkyl halides is 2. The molecule has 4 rings (SSSR count). The normalized spacial score (nSPS) is 18.5. The number of hydrogen-bond donors (Lipinski definition) is 0. The second kappa shape index (κ2) is 5.86. The van der Waals surface area contributed by atoms with Crippen LogP contribution in [0.5, 0.6) is 5.75 Å². The molecule has 0 N–H and O–H groups in total. The number of benzene rings is 2. The summed E-state index contributed by atoms with van der Waals surface area (Å²) in [5, 5.41) is 2.08. The minimum Gasteiger partial charge on any atom is -0.493 e. The van der Waals surface area contributed by atoms with E-state index in [1.165, 1.54) is 0 Å². The van der Waals surface area contributed by atoms with Crippen LogP contribution in [0, 0.1) is 5.92 Å². The number of nitrogens with zero attached hydrogens (tertiary/aromatic N) is 1. The van der Waals surface area contributed by atoms with Gasteiger partial charge in [-0.3, -0.25) is 4.98 Å². The van der Waals surface area contributed by atoms with Gasteiger partial charge in [-0.15, -0.1) is 0 Å². The van der Waals surface area contributed by atoms with Crippen LogP contribution in [0.25, 0.3) is 21.9 Å². The maximum absolute atomic E-state index is 13.0. The maximum atomic E-state index is 13.0. The first-order valence-electron chi connectivity index (χ1n) is 8.08. The van der Waals surface area contributed by atoms with E-state index in [-0.39, 0.29) is 6.42 Å². The largest absolute Gasteiger partial charge is 0.493 e. The van der Waals surface area contributed by atoms with Gasteiger partial charge in [0.1, 0.15) is 5.75 Å². The van der Waals surface area contributed by atoms with E-state index in [4.69, 9.17) is 4.74 Å². The van der Waals surface area contributed by atoms with Crippen LogP contribution in [0.2, 0.25) is 0 Å². The van der Waals surface area contributed by atoms with Gasteiger partial charge in [-0.1, -0.05) is 30.3 Å². The minimum absolute atomic E-state index is 0.00190. The summed E-state index contributed by atoms with van der Waals surface area (Å²) >= 11 is 0. The Labute approximate surface area is 139 Å². The number of rotatable bonds is 5. The van der Waals surface area contributed by atoms with Gasteiger partial charge < -0.3 is 4.74 Å². The van der Waals surface area contributed by atoms with Crippen molar-refractivity contribution < 1.29 is 13.5 Å². The van der Waals surface area contributed by atoms with Crippen molar-refractivity contribution >= 4 is 10.8 Å². The fraction of sp³-hybridized carbons (Fsp3) is 0.250. The summed E-state index contributed by atoms with van der Waals surface area (Å²) in [6, 6.07) is 15.9. The molecular weight excluding hydrogens is 308 g/mol. The monoisotopic (exact) mass is 325 g/mol. The van der Waals surface area contributed by atoms with E-state index in [0.29, 0.717) is 13.0 Å². The molecule has 24 heavy (non-hydrogen) atoms. The summed E-state index contributed by atoms with van der Waals surface area (Å²) < 4.78 is 31.7. The minimum atomic E-state index is -2.48. The van der Waals surface area contributed by atoms with E-state index < -0.39 is 11.8 Å². The molecule has 1 unspecified atom stereocenters. The van der Waals surface area contributed by atoms with Crippen LogP contribution in [-0.4, -0.2) is 17.5 Å². The zero-order valence-electron chi connectivity index (χ0n) is 13.1. The summed E-state index contributed by atoms with van der Waals surface area (Å²) in [6.45, 7) is 0.318. The molecule has 0 bridgehead atoms. The lowest BCUT2D eigenvalue weighted by molar-refractivity contribution is 0.0931. The van der Waals surface area contributed by atoms with E-state index in [1.807, 2.05) is 48.5 Å². The molecule has 122 valence electrons. The van der Waals surface area contributed by atoms with Crippen molar-refractivity contribution in [3.8, 4) is 16.9 Å². The van der Waals surface area contributed by atoms with Gasteiger partial charge >= 0.3 is 0 Å². The van der Waals surface area contributed by atoms with Crippen molar-refractivity contribution in [3.63, 3.8) is 0 Å². The average Bonchev–Trinajstić information content (AvgIpc) is 3.22. The zero-order valence-corrected chi connectivity index (χ0v) is 13.1. The third kappa shape index (κ3) is 2.84. The maximum Gasteiger partial charge on any atom is 0.251 e. The Balaban J connectivity index is 1.61. The van der Waals surface area contributed by atoms with Gasteiger partial charge in [0.15, 0.2) is 0 Å². The van der Waals surface area contributed by atoms with Gasteiger partial charge in [0, 0.05) is 30.1 Å². The van der Waals surface area contributed by atoms with Gasteiger partial charge in [-0.05, 0) is 41.1 Å². The number of halogens is 2. The summed E-state index contributed by atoms with van der Waals surface area (Å²) in [6.07, 6.45) is 3.93. The predicted octanol–water partition coefficient (Wildman–Crippen LogP) is 5.33. The van der Waals surface area contributed by atoms with Crippen LogP contribution < -0.4 is 4.74 Å². The Bertz CT molecular complexity index is 864. The first kappa shape index (κ1) is 15.1. The molecule has 0 aliphatic heterocycles. The van der Waals surface area contributed by atoms with Crippen molar-refractivity contribution in [2.24, 2.45) is 5.92 Å². The molecule has 0 spiro atoms. The Morgan fingerprint density at radius 3 is 2.42 bits per heavy atom. The molecule has 1 fully saturated rings. The summed E-state index contributed by atoms with van der Waals surface area (Å²) in [7, 11) is 0. The average molecular weight is 325 g/mol. The third-order valence-electron chi connectivity index (χ3n) is 4.55. The molecule has 2 nitrogen and oxygen atoms in total. The van der Waals surface area contributed by atoms with Gasteiger partial charge in [-0.25, -0.2) is 8.78 Å². The number of aromatic nitrogens is 1. The Hall–Kier alpha value is -2.49. The van der Waals surface area contributed by atoms with E-state index in [2.05, 4.69) is 4.98 Å². The number of fused-ring (bicyclic) bond motifs is 1. The van der Waals surface area contributed by atoms with E-state index in [1.54, 1.807) is 12.4 Å². The third-order valence-corrected chi connectivity index (χ3v) is 4.55. The fourth-order valence-electron chi connectivity index (χ4n) is 3.07. The van der Waals surface area contributed by atoms with Gasteiger partial charge in [-0.2, -0.15) is 0 Å².